The van der Waals surface area contributed by atoms with E-state index in [0.29, 0.717) is 0 Å². The van der Waals surface area contributed by atoms with Gasteiger partial charge in [-0.25, -0.2) is 0 Å². The second-order valence-electron chi connectivity index (χ2n) is 3.26. The Morgan fingerprint density at radius 2 is 2.29 bits per heavy atom. The standard InChI is InChI=1S/C12H17NS/c1-3-4-8-14-9-7-12-6-5-11(2)13-10-12/h5-7,9-10H,3-4,8H2,1-2H3/b9-7+. The molecule has 0 saturated heterocycles. The zero-order valence-electron chi connectivity index (χ0n) is 8.86. The maximum Gasteiger partial charge on any atom is 0.0373 e. The zero-order chi connectivity index (χ0) is 10.2. The van der Waals surface area contributed by atoms with Crippen LogP contribution in [0.1, 0.15) is 31.0 Å². The van der Waals surface area contributed by atoms with Gasteiger partial charge < -0.3 is 0 Å². The van der Waals surface area contributed by atoms with Crippen LogP contribution in [0, 0.1) is 6.92 Å². The van der Waals surface area contributed by atoms with Crippen LogP contribution in [0.3, 0.4) is 0 Å². The number of hydrogen-bond donors (Lipinski definition) is 0. The molecule has 2 heteroatoms. The van der Waals surface area contributed by atoms with Crippen molar-refractivity contribution in [1.29, 1.82) is 0 Å². The Morgan fingerprint density at radius 1 is 1.43 bits per heavy atom. The molecule has 0 atom stereocenters. The molecule has 0 unspecified atom stereocenters. The van der Waals surface area contributed by atoms with Crippen LogP contribution in [0.15, 0.2) is 23.7 Å². The molecule has 0 radical (unpaired) electrons. The Labute approximate surface area is 90.6 Å². The Morgan fingerprint density at radius 3 is 2.93 bits per heavy atom. The normalized spacial score (nSPS) is 11.0. The van der Waals surface area contributed by atoms with Crippen LogP contribution in [0.4, 0.5) is 0 Å². The molecule has 0 saturated carbocycles. The number of rotatable bonds is 5. The topological polar surface area (TPSA) is 12.9 Å². The van der Waals surface area contributed by atoms with E-state index < -0.39 is 0 Å². The van der Waals surface area contributed by atoms with E-state index in [1.165, 1.54) is 24.2 Å². The summed E-state index contributed by atoms with van der Waals surface area (Å²) in [4.78, 5) is 4.23. The molecule has 0 aliphatic carbocycles. The van der Waals surface area contributed by atoms with Crippen LogP contribution in [0.25, 0.3) is 6.08 Å². The molecule has 0 bridgehead atoms. The van der Waals surface area contributed by atoms with Gasteiger partial charge in [-0.05, 0) is 42.2 Å². The van der Waals surface area contributed by atoms with E-state index in [2.05, 4.69) is 29.5 Å². The zero-order valence-corrected chi connectivity index (χ0v) is 9.68. The lowest BCUT2D eigenvalue weighted by Gasteiger charge is -1.94. The van der Waals surface area contributed by atoms with Gasteiger partial charge in [0.05, 0.1) is 0 Å². The van der Waals surface area contributed by atoms with Crippen molar-refractivity contribution < 1.29 is 0 Å². The Hall–Kier alpha value is -0.760. The van der Waals surface area contributed by atoms with Gasteiger partial charge in [-0.15, -0.1) is 11.8 Å². The number of pyridine rings is 1. The van der Waals surface area contributed by atoms with E-state index in [9.17, 15) is 0 Å². The molecule has 0 spiro atoms. The first-order valence-corrected chi connectivity index (χ1v) is 6.08. The molecule has 1 aromatic heterocycles. The second kappa shape index (κ2) is 6.66. The molecule has 1 rings (SSSR count). The van der Waals surface area contributed by atoms with Gasteiger partial charge in [-0.2, -0.15) is 0 Å². The Kier molecular flexibility index (Phi) is 5.38. The number of hydrogen-bond acceptors (Lipinski definition) is 2. The molecule has 0 aliphatic heterocycles. The Balaban J connectivity index is 2.33. The summed E-state index contributed by atoms with van der Waals surface area (Å²) in [6.45, 7) is 4.22. The van der Waals surface area contributed by atoms with E-state index in [4.69, 9.17) is 0 Å². The van der Waals surface area contributed by atoms with Crippen molar-refractivity contribution in [3.8, 4) is 0 Å². The summed E-state index contributed by atoms with van der Waals surface area (Å²) in [5.41, 5.74) is 2.25. The average Bonchev–Trinajstić information content (AvgIpc) is 2.21. The van der Waals surface area contributed by atoms with Gasteiger partial charge >= 0.3 is 0 Å². The highest BCUT2D eigenvalue weighted by atomic mass is 32.2. The Bertz CT molecular complexity index is 277. The van der Waals surface area contributed by atoms with E-state index in [0.717, 1.165) is 5.69 Å². The minimum Gasteiger partial charge on any atom is -0.261 e. The van der Waals surface area contributed by atoms with Crippen LogP contribution < -0.4 is 0 Å². The smallest absolute Gasteiger partial charge is 0.0373 e. The minimum atomic E-state index is 1.07. The number of aryl methyl sites for hydroxylation is 1. The van der Waals surface area contributed by atoms with Gasteiger partial charge in [-0.3, -0.25) is 4.98 Å². The van der Waals surface area contributed by atoms with Crippen molar-refractivity contribution in [3.05, 3.63) is 35.0 Å². The summed E-state index contributed by atoms with van der Waals surface area (Å²) in [5.74, 6) is 1.21. The minimum absolute atomic E-state index is 1.07. The summed E-state index contributed by atoms with van der Waals surface area (Å²) in [7, 11) is 0. The number of thioether (sulfide) groups is 1. The summed E-state index contributed by atoms with van der Waals surface area (Å²) in [6.07, 6.45) is 6.59. The lowest BCUT2D eigenvalue weighted by molar-refractivity contribution is 0.898. The van der Waals surface area contributed by atoms with Crippen molar-refractivity contribution in [2.75, 3.05) is 5.75 Å². The molecule has 76 valence electrons. The molecular weight excluding hydrogens is 190 g/mol. The van der Waals surface area contributed by atoms with Crippen LogP contribution in [-0.2, 0) is 0 Å². The fourth-order valence-corrected chi connectivity index (χ4v) is 1.85. The summed E-state index contributed by atoms with van der Waals surface area (Å²) in [5, 5.41) is 2.15. The predicted octanol–water partition coefficient (Wildman–Crippen LogP) is 3.89. The average molecular weight is 207 g/mol. The predicted molar refractivity (Wildman–Crippen MR) is 65.4 cm³/mol. The fourth-order valence-electron chi connectivity index (χ4n) is 1.00. The quantitative estimate of drug-likeness (QED) is 0.679. The van der Waals surface area contributed by atoms with Gasteiger partial charge in [0.2, 0.25) is 0 Å². The fraction of sp³-hybridized carbons (Fsp3) is 0.417. The highest BCUT2D eigenvalue weighted by molar-refractivity contribution is 8.02. The molecule has 1 aromatic rings. The third-order valence-corrected chi connectivity index (χ3v) is 2.76. The van der Waals surface area contributed by atoms with Crippen molar-refractivity contribution >= 4 is 17.8 Å². The van der Waals surface area contributed by atoms with Gasteiger partial charge in [0, 0.05) is 11.9 Å². The maximum absolute atomic E-state index is 4.23. The lowest BCUT2D eigenvalue weighted by Crippen LogP contribution is -1.79. The molecule has 0 aromatic carbocycles. The van der Waals surface area contributed by atoms with Gasteiger partial charge in [0.15, 0.2) is 0 Å². The molecule has 0 N–H and O–H groups in total. The van der Waals surface area contributed by atoms with E-state index >= 15 is 0 Å². The van der Waals surface area contributed by atoms with Gasteiger partial charge in [0.1, 0.15) is 0 Å². The highest BCUT2D eigenvalue weighted by Gasteiger charge is 1.87. The number of aromatic nitrogens is 1. The summed E-state index contributed by atoms with van der Waals surface area (Å²) in [6, 6.07) is 4.13. The van der Waals surface area contributed by atoms with Gasteiger partial charge in [0.25, 0.3) is 0 Å². The van der Waals surface area contributed by atoms with Crippen LogP contribution in [0.5, 0.6) is 0 Å². The van der Waals surface area contributed by atoms with Crippen molar-refractivity contribution in [1.82, 2.24) is 4.98 Å². The summed E-state index contributed by atoms with van der Waals surface area (Å²) >= 11 is 1.87. The van der Waals surface area contributed by atoms with Crippen LogP contribution in [-0.4, -0.2) is 10.7 Å². The largest absolute Gasteiger partial charge is 0.261 e. The third kappa shape index (κ3) is 4.47. The lowest BCUT2D eigenvalue weighted by atomic mass is 10.2. The molecular formula is C12H17NS. The first-order chi connectivity index (χ1) is 6.83. The molecule has 1 nitrogen and oxygen atoms in total. The number of nitrogens with zero attached hydrogens (tertiary/aromatic N) is 1. The molecule has 0 amide bonds. The maximum atomic E-state index is 4.23. The van der Waals surface area contributed by atoms with Crippen molar-refractivity contribution in [2.24, 2.45) is 0 Å². The van der Waals surface area contributed by atoms with Gasteiger partial charge in [-0.1, -0.05) is 19.4 Å². The first-order valence-electron chi connectivity index (χ1n) is 5.03. The van der Waals surface area contributed by atoms with Crippen molar-refractivity contribution in [3.63, 3.8) is 0 Å². The van der Waals surface area contributed by atoms with E-state index in [1.54, 1.807) is 0 Å². The second-order valence-corrected chi connectivity index (χ2v) is 4.27. The van der Waals surface area contributed by atoms with Crippen molar-refractivity contribution in [2.45, 2.75) is 26.7 Å². The monoisotopic (exact) mass is 207 g/mol. The van der Waals surface area contributed by atoms with E-state index in [1.807, 2.05) is 30.9 Å². The van der Waals surface area contributed by atoms with Crippen LogP contribution in [0.2, 0.25) is 0 Å². The highest BCUT2D eigenvalue weighted by Crippen LogP contribution is 2.09. The molecule has 0 fully saturated rings. The third-order valence-electron chi connectivity index (χ3n) is 1.91. The molecule has 0 aliphatic rings. The molecule has 1 heterocycles. The summed E-state index contributed by atoms with van der Waals surface area (Å²) < 4.78 is 0. The number of unbranched alkanes of at least 4 members (excludes halogenated alkanes) is 1. The first kappa shape index (κ1) is 11.3. The molecule has 14 heavy (non-hydrogen) atoms. The van der Waals surface area contributed by atoms with E-state index in [-0.39, 0.29) is 0 Å². The SMILES string of the molecule is CCCCS/C=C/c1ccc(C)nc1. The van der Waals surface area contributed by atoms with Crippen LogP contribution >= 0.6 is 11.8 Å².